The monoisotopic (exact) mass is 662 g/mol. The van der Waals surface area contributed by atoms with Crippen LogP contribution in [0, 0.1) is 0 Å². The highest BCUT2D eigenvalue weighted by molar-refractivity contribution is 5.76. The fourth-order valence-electron chi connectivity index (χ4n) is 4.88. The standard InChI is InChI=1S/C44H71NO3/c1-3-5-7-8-9-10-11-12-13-14-15-16-17-18-19-20-21-22-23-24-25-26-27-28-29-30-31-32-33-34-35-36-38-40-44(48)45-42(41-46)43(47)39-37-6-4-2/h5,7,9-10,12-13,15-16,18-19,21-22,24-25,27-28,30-31,42-43,46-47H,3-4,6,8,11,14,17,20,23,26,29,32-41H2,1-2H3,(H,45,48)/b7-5-,10-9-,13-12-,16-15-,19-18-,22-21-,25-24-,28-27-,31-30-. The maximum atomic E-state index is 12.2. The van der Waals surface area contributed by atoms with Gasteiger partial charge in [-0.3, -0.25) is 4.79 Å². The number of rotatable bonds is 32. The number of aliphatic hydroxyl groups excluding tert-OH is 2. The number of allylic oxidation sites excluding steroid dienone is 18. The predicted octanol–water partition coefficient (Wildman–Crippen LogP) is 11.7. The van der Waals surface area contributed by atoms with Crippen molar-refractivity contribution in [2.45, 2.75) is 154 Å². The number of hydrogen-bond acceptors (Lipinski definition) is 3. The molecule has 2 unspecified atom stereocenters. The van der Waals surface area contributed by atoms with Gasteiger partial charge >= 0.3 is 0 Å². The van der Waals surface area contributed by atoms with E-state index in [0.29, 0.717) is 12.8 Å². The van der Waals surface area contributed by atoms with Crippen molar-refractivity contribution >= 4 is 5.91 Å². The van der Waals surface area contributed by atoms with Crippen molar-refractivity contribution < 1.29 is 15.0 Å². The van der Waals surface area contributed by atoms with Gasteiger partial charge in [0.2, 0.25) is 5.91 Å². The fourth-order valence-corrected chi connectivity index (χ4v) is 4.88. The second-order valence-electron chi connectivity index (χ2n) is 12.3. The van der Waals surface area contributed by atoms with Gasteiger partial charge < -0.3 is 15.5 Å². The van der Waals surface area contributed by atoms with Crippen molar-refractivity contribution in [1.29, 1.82) is 0 Å². The van der Waals surface area contributed by atoms with E-state index in [1.54, 1.807) is 0 Å². The van der Waals surface area contributed by atoms with Crippen molar-refractivity contribution in [3.05, 3.63) is 109 Å². The van der Waals surface area contributed by atoms with E-state index in [1.807, 2.05) is 0 Å². The molecule has 0 aliphatic rings. The maximum Gasteiger partial charge on any atom is 0.220 e. The molecule has 270 valence electrons. The molecule has 0 bridgehead atoms. The van der Waals surface area contributed by atoms with Gasteiger partial charge in [-0.05, 0) is 83.5 Å². The van der Waals surface area contributed by atoms with E-state index in [9.17, 15) is 15.0 Å². The summed E-state index contributed by atoms with van der Waals surface area (Å²) >= 11 is 0. The third-order valence-corrected chi connectivity index (χ3v) is 7.80. The largest absolute Gasteiger partial charge is 0.394 e. The molecule has 48 heavy (non-hydrogen) atoms. The molecule has 3 N–H and O–H groups in total. The average molecular weight is 662 g/mol. The molecule has 0 spiro atoms. The highest BCUT2D eigenvalue weighted by Gasteiger charge is 2.19. The van der Waals surface area contributed by atoms with Gasteiger partial charge in [-0.25, -0.2) is 0 Å². The summed E-state index contributed by atoms with van der Waals surface area (Å²) in [6.45, 7) is 4.06. The van der Waals surface area contributed by atoms with Gasteiger partial charge in [-0.2, -0.15) is 0 Å². The fraction of sp³-hybridized carbons (Fsp3) is 0.568. The topological polar surface area (TPSA) is 69.6 Å². The Morgan fingerprint density at radius 3 is 1.33 bits per heavy atom. The molecule has 0 saturated heterocycles. The summed E-state index contributed by atoms with van der Waals surface area (Å²) in [7, 11) is 0. The molecule has 2 atom stereocenters. The number of unbranched alkanes of at least 4 members (excludes halogenated alkanes) is 7. The van der Waals surface area contributed by atoms with Crippen molar-refractivity contribution in [3.63, 3.8) is 0 Å². The van der Waals surface area contributed by atoms with E-state index in [2.05, 4.69) is 129 Å². The Kier molecular flexibility index (Phi) is 36.1. The van der Waals surface area contributed by atoms with Crippen LogP contribution in [0.15, 0.2) is 109 Å². The first-order valence-electron chi connectivity index (χ1n) is 19.1. The lowest BCUT2D eigenvalue weighted by atomic mass is 10.0. The van der Waals surface area contributed by atoms with Gasteiger partial charge in [0.05, 0.1) is 18.8 Å². The molecule has 0 fully saturated rings. The van der Waals surface area contributed by atoms with E-state index in [-0.39, 0.29) is 12.5 Å². The van der Waals surface area contributed by atoms with E-state index < -0.39 is 12.1 Å². The number of nitrogens with one attached hydrogen (secondary N) is 1. The lowest BCUT2D eigenvalue weighted by molar-refractivity contribution is -0.123. The minimum atomic E-state index is -0.671. The zero-order valence-corrected chi connectivity index (χ0v) is 30.7. The van der Waals surface area contributed by atoms with Crippen LogP contribution < -0.4 is 5.32 Å². The zero-order valence-electron chi connectivity index (χ0n) is 30.7. The summed E-state index contributed by atoms with van der Waals surface area (Å²) < 4.78 is 0. The normalized spacial score (nSPS) is 14.3. The summed E-state index contributed by atoms with van der Waals surface area (Å²) in [5.41, 5.74) is 0. The second-order valence-corrected chi connectivity index (χ2v) is 12.3. The molecule has 0 aromatic carbocycles. The number of carbonyl (C=O) groups excluding carboxylic acids is 1. The number of carbonyl (C=O) groups is 1. The Morgan fingerprint density at radius 1 is 0.521 bits per heavy atom. The number of aliphatic hydroxyl groups is 2. The van der Waals surface area contributed by atoms with Crippen LogP contribution in [-0.4, -0.2) is 34.9 Å². The van der Waals surface area contributed by atoms with Crippen molar-refractivity contribution in [2.24, 2.45) is 0 Å². The van der Waals surface area contributed by atoms with Crippen LogP contribution in [0.4, 0.5) is 0 Å². The Labute approximate surface area is 296 Å². The lowest BCUT2D eigenvalue weighted by Crippen LogP contribution is -2.45. The van der Waals surface area contributed by atoms with Crippen LogP contribution in [0.5, 0.6) is 0 Å². The van der Waals surface area contributed by atoms with E-state index >= 15 is 0 Å². The van der Waals surface area contributed by atoms with Crippen LogP contribution in [0.2, 0.25) is 0 Å². The van der Waals surface area contributed by atoms with Crippen molar-refractivity contribution in [3.8, 4) is 0 Å². The summed E-state index contributed by atoms with van der Waals surface area (Å²) in [6, 6.07) is -0.550. The Balaban J connectivity index is 3.64. The smallest absolute Gasteiger partial charge is 0.220 e. The molecule has 0 heterocycles. The maximum absolute atomic E-state index is 12.2. The van der Waals surface area contributed by atoms with Crippen LogP contribution in [0.3, 0.4) is 0 Å². The first-order valence-corrected chi connectivity index (χ1v) is 19.1. The lowest BCUT2D eigenvalue weighted by Gasteiger charge is -2.22. The SMILES string of the molecule is CC/C=C\C/C=C\C/C=C\C/C=C\C/C=C\C/C=C\C/C=C\C/C=C\C/C=C\CCCCCCCC(=O)NC(CO)C(O)CCCCC. The van der Waals surface area contributed by atoms with Crippen LogP contribution >= 0.6 is 0 Å². The molecule has 0 rings (SSSR count). The van der Waals surface area contributed by atoms with Crippen LogP contribution in [0.25, 0.3) is 0 Å². The van der Waals surface area contributed by atoms with Crippen molar-refractivity contribution in [1.82, 2.24) is 5.32 Å². The van der Waals surface area contributed by atoms with Gasteiger partial charge in [0.15, 0.2) is 0 Å². The molecule has 0 aliphatic heterocycles. The third-order valence-electron chi connectivity index (χ3n) is 7.80. The van der Waals surface area contributed by atoms with Crippen LogP contribution in [0.1, 0.15) is 142 Å². The molecular formula is C44H71NO3. The summed E-state index contributed by atoms with van der Waals surface area (Å²) in [5.74, 6) is -0.0695. The molecular weight excluding hydrogens is 590 g/mol. The highest BCUT2D eigenvalue weighted by Crippen LogP contribution is 2.10. The van der Waals surface area contributed by atoms with Crippen LogP contribution in [-0.2, 0) is 4.79 Å². The van der Waals surface area contributed by atoms with Crippen molar-refractivity contribution in [2.75, 3.05) is 6.61 Å². The summed E-state index contributed by atoms with van der Waals surface area (Å²) in [6.07, 6.45) is 59.2. The minimum Gasteiger partial charge on any atom is -0.394 e. The quantitative estimate of drug-likeness (QED) is 0.0496. The molecule has 0 aliphatic carbocycles. The van der Waals surface area contributed by atoms with E-state index in [1.165, 1.54) is 12.8 Å². The highest BCUT2D eigenvalue weighted by atomic mass is 16.3. The molecule has 4 nitrogen and oxygen atoms in total. The first-order chi connectivity index (χ1) is 23.7. The van der Waals surface area contributed by atoms with Gasteiger partial charge in [-0.1, -0.05) is 162 Å². The molecule has 1 amide bonds. The molecule has 0 radical (unpaired) electrons. The second kappa shape index (κ2) is 38.5. The number of hydrogen-bond donors (Lipinski definition) is 3. The molecule has 0 aromatic rings. The van der Waals surface area contributed by atoms with Gasteiger partial charge in [0.1, 0.15) is 0 Å². The predicted molar refractivity (Wildman–Crippen MR) is 211 cm³/mol. The zero-order chi connectivity index (χ0) is 35.0. The molecule has 0 saturated carbocycles. The molecule has 4 heteroatoms. The van der Waals surface area contributed by atoms with Gasteiger partial charge in [-0.15, -0.1) is 0 Å². The summed E-state index contributed by atoms with van der Waals surface area (Å²) in [5, 5.41) is 22.5. The van der Waals surface area contributed by atoms with Gasteiger partial charge in [0.25, 0.3) is 0 Å². The summed E-state index contributed by atoms with van der Waals surface area (Å²) in [4.78, 5) is 12.2. The number of amides is 1. The Bertz CT molecular complexity index is 979. The third kappa shape index (κ3) is 34.4. The minimum absolute atomic E-state index is 0.0695. The Hall–Kier alpha value is -2.95. The van der Waals surface area contributed by atoms with Gasteiger partial charge in [0, 0.05) is 6.42 Å². The Morgan fingerprint density at radius 2 is 0.917 bits per heavy atom. The molecule has 0 aromatic heterocycles. The van der Waals surface area contributed by atoms with E-state index in [4.69, 9.17) is 0 Å². The average Bonchev–Trinajstić information content (AvgIpc) is 3.09. The van der Waals surface area contributed by atoms with E-state index in [0.717, 1.165) is 103 Å². The first kappa shape index (κ1) is 45.0.